The number of amides is 5. The van der Waals surface area contributed by atoms with Crippen molar-refractivity contribution in [3.05, 3.63) is 0 Å². The average molecular weight is 173 g/mol. The van der Waals surface area contributed by atoms with Gasteiger partial charge in [0, 0.05) is 21.1 Å². The molecule has 12 heavy (non-hydrogen) atoms. The summed E-state index contributed by atoms with van der Waals surface area (Å²) in [6.07, 6.45) is 0.224. The van der Waals surface area contributed by atoms with Crippen LogP contribution in [0, 0.1) is 0 Å². The second kappa shape index (κ2) is 4.32. The molecular weight excluding hydrogens is 162 g/mol. The third-order valence-corrected chi connectivity index (χ3v) is 1.16. The molecule has 1 N–H and O–H groups in total. The Labute approximate surface area is 70.1 Å². The van der Waals surface area contributed by atoms with Crippen LogP contribution in [0.4, 0.5) is 9.59 Å². The van der Waals surface area contributed by atoms with Crippen molar-refractivity contribution >= 4 is 18.5 Å². The number of nitrogens with zero attached hydrogens (tertiary/aromatic N) is 2. The number of carbonyl (C=O) groups excluding carboxylic acids is 3. The quantitative estimate of drug-likeness (QED) is 0.542. The molecule has 0 saturated carbocycles. The molecule has 0 unspecified atom stereocenters. The van der Waals surface area contributed by atoms with Gasteiger partial charge in [0.05, 0.1) is 0 Å². The molecule has 0 radical (unpaired) electrons. The van der Waals surface area contributed by atoms with Gasteiger partial charge in [-0.3, -0.25) is 10.1 Å². The normalized spacial score (nSPS) is 8.58. The predicted molar refractivity (Wildman–Crippen MR) is 41.4 cm³/mol. The first-order chi connectivity index (χ1) is 5.50. The lowest BCUT2D eigenvalue weighted by molar-refractivity contribution is -0.108. The van der Waals surface area contributed by atoms with Gasteiger partial charge in [0.1, 0.15) is 0 Å². The average Bonchev–Trinajstić information content (AvgIpc) is 2.02. The summed E-state index contributed by atoms with van der Waals surface area (Å²) in [6.45, 7) is 0. The molecule has 0 heterocycles. The number of urea groups is 2. The molecule has 68 valence electrons. The second-order valence-corrected chi connectivity index (χ2v) is 2.30. The Kier molecular flexibility index (Phi) is 3.75. The first-order valence-electron chi connectivity index (χ1n) is 3.20. The van der Waals surface area contributed by atoms with Crippen LogP contribution < -0.4 is 5.32 Å². The molecule has 0 aliphatic rings. The van der Waals surface area contributed by atoms with Gasteiger partial charge in [-0.2, -0.15) is 0 Å². The summed E-state index contributed by atoms with van der Waals surface area (Å²) < 4.78 is 0. The topological polar surface area (TPSA) is 69.7 Å². The fourth-order valence-electron chi connectivity index (χ4n) is 0.534. The summed E-state index contributed by atoms with van der Waals surface area (Å²) in [4.78, 5) is 33.7. The third kappa shape index (κ3) is 2.57. The Bertz CT molecular complexity index is 202. The van der Waals surface area contributed by atoms with Crippen LogP contribution in [0.25, 0.3) is 0 Å². The van der Waals surface area contributed by atoms with Gasteiger partial charge < -0.3 is 4.90 Å². The highest BCUT2D eigenvalue weighted by molar-refractivity contribution is 5.96. The van der Waals surface area contributed by atoms with Gasteiger partial charge in [-0.1, -0.05) is 0 Å². The number of nitrogens with one attached hydrogen (secondary N) is 1. The molecule has 5 amide bonds. The largest absolute Gasteiger partial charge is 0.331 e. The van der Waals surface area contributed by atoms with Crippen LogP contribution in [-0.4, -0.2) is 49.4 Å². The molecule has 6 nitrogen and oxygen atoms in total. The van der Waals surface area contributed by atoms with E-state index in [2.05, 4.69) is 0 Å². The fourth-order valence-corrected chi connectivity index (χ4v) is 0.534. The van der Waals surface area contributed by atoms with Crippen LogP contribution in [0.3, 0.4) is 0 Å². The molecular formula is C6H11N3O3. The highest BCUT2D eigenvalue weighted by atomic mass is 16.2. The minimum absolute atomic E-state index is 0.224. The maximum absolute atomic E-state index is 11.0. The van der Waals surface area contributed by atoms with E-state index in [0.717, 1.165) is 4.90 Å². The Hall–Kier alpha value is -1.59. The van der Waals surface area contributed by atoms with E-state index >= 15 is 0 Å². The molecule has 0 rings (SSSR count). The zero-order chi connectivity index (χ0) is 9.72. The molecule has 0 aromatic rings. The first kappa shape index (κ1) is 10.4. The molecule has 0 aromatic carbocycles. The van der Waals surface area contributed by atoms with E-state index < -0.39 is 12.1 Å². The Morgan fingerprint density at radius 1 is 1.25 bits per heavy atom. The maximum atomic E-state index is 11.0. The van der Waals surface area contributed by atoms with E-state index in [-0.39, 0.29) is 6.41 Å². The molecule has 0 atom stereocenters. The summed E-state index contributed by atoms with van der Waals surface area (Å²) in [5.74, 6) is 0. The molecule has 0 spiro atoms. The zero-order valence-corrected chi connectivity index (χ0v) is 7.20. The van der Waals surface area contributed by atoms with Crippen LogP contribution in [0.5, 0.6) is 0 Å². The van der Waals surface area contributed by atoms with Gasteiger partial charge >= 0.3 is 12.1 Å². The first-order valence-corrected chi connectivity index (χ1v) is 3.20. The molecule has 0 fully saturated rings. The third-order valence-electron chi connectivity index (χ3n) is 1.16. The summed E-state index contributed by atoms with van der Waals surface area (Å²) in [5.41, 5.74) is 0. The van der Waals surface area contributed by atoms with E-state index in [0.29, 0.717) is 0 Å². The Balaban J connectivity index is 4.18. The van der Waals surface area contributed by atoms with Gasteiger partial charge in [-0.05, 0) is 0 Å². The van der Waals surface area contributed by atoms with Gasteiger partial charge in [-0.25, -0.2) is 14.5 Å². The molecule has 6 heteroatoms. The number of hydrogen-bond acceptors (Lipinski definition) is 3. The van der Waals surface area contributed by atoms with Crippen LogP contribution in [0.2, 0.25) is 0 Å². The lowest BCUT2D eigenvalue weighted by Gasteiger charge is -2.18. The smallest absolute Gasteiger partial charge is 0.330 e. The number of imide groups is 2. The van der Waals surface area contributed by atoms with Gasteiger partial charge in [-0.15, -0.1) is 0 Å². The van der Waals surface area contributed by atoms with E-state index in [1.807, 2.05) is 5.32 Å². The van der Waals surface area contributed by atoms with E-state index in [9.17, 15) is 14.4 Å². The highest BCUT2D eigenvalue weighted by Gasteiger charge is 2.16. The number of carbonyl (C=O) groups is 3. The minimum atomic E-state index is -0.747. The fraction of sp³-hybridized carbons (Fsp3) is 0.500. The number of rotatable bonds is 1. The predicted octanol–water partition coefficient (Wildman–Crippen LogP) is -0.534. The minimum Gasteiger partial charge on any atom is -0.330 e. The Morgan fingerprint density at radius 3 is 2.08 bits per heavy atom. The van der Waals surface area contributed by atoms with Crippen molar-refractivity contribution in [1.82, 2.24) is 15.1 Å². The molecule has 0 saturated heterocycles. The van der Waals surface area contributed by atoms with Crippen molar-refractivity contribution in [3.63, 3.8) is 0 Å². The van der Waals surface area contributed by atoms with Crippen LogP contribution >= 0.6 is 0 Å². The van der Waals surface area contributed by atoms with Crippen molar-refractivity contribution in [2.45, 2.75) is 0 Å². The van der Waals surface area contributed by atoms with Crippen molar-refractivity contribution in [3.8, 4) is 0 Å². The maximum Gasteiger partial charge on any atom is 0.331 e. The van der Waals surface area contributed by atoms with Crippen LogP contribution in [0.1, 0.15) is 0 Å². The van der Waals surface area contributed by atoms with E-state index in [1.54, 1.807) is 0 Å². The zero-order valence-electron chi connectivity index (χ0n) is 7.20. The van der Waals surface area contributed by atoms with Crippen molar-refractivity contribution in [1.29, 1.82) is 0 Å². The highest BCUT2D eigenvalue weighted by Crippen LogP contribution is 1.90. The van der Waals surface area contributed by atoms with Crippen molar-refractivity contribution in [2.75, 3.05) is 21.1 Å². The molecule has 0 aliphatic heterocycles. The van der Waals surface area contributed by atoms with Crippen LogP contribution in [-0.2, 0) is 4.79 Å². The Morgan fingerprint density at radius 2 is 1.75 bits per heavy atom. The monoisotopic (exact) mass is 173 g/mol. The number of hydrogen-bond donors (Lipinski definition) is 1. The second-order valence-electron chi connectivity index (χ2n) is 2.30. The van der Waals surface area contributed by atoms with Gasteiger partial charge in [0.15, 0.2) is 0 Å². The van der Waals surface area contributed by atoms with Crippen molar-refractivity contribution < 1.29 is 14.4 Å². The lowest BCUT2D eigenvalue weighted by atomic mass is 10.7. The van der Waals surface area contributed by atoms with Crippen LogP contribution in [0.15, 0.2) is 0 Å². The van der Waals surface area contributed by atoms with E-state index in [4.69, 9.17) is 0 Å². The summed E-state index contributed by atoms with van der Waals surface area (Å²) >= 11 is 0. The summed E-state index contributed by atoms with van der Waals surface area (Å²) in [6, 6.07) is -1.24. The van der Waals surface area contributed by atoms with Gasteiger partial charge in [0.25, 0.3) is 0 Å². The van der Waals surface area contributed by atoms with Crippen molar-refractivity contribution in [2.24, 2.45) is 0 Å². The van der Waals surface area contributed by atoms with Gasteiger partial charge in [0.2, 0.25) is 6.41 Å². The van der Waals surface area contributed by atoms with E-state index in [1.165, 1.54) is 26.0 Å². The molecule has 0 aromatic heterocycles. The molecule has 0 bridgehead atoms. The lowest BCUT2D eigenvalue weighted by Crippen LogP contribution is -2.45. The molecule has 0 aliphatic carbocycles. The summed E-state index contributed by atoms with van der Waals surface area (Å²) in [5, 5.41) is 1.84. The SMILES string of the molecule is CN(C)C(=O)N(C)C(=O)NC=O. The standard InChI is InChI=1S/C6H11N3O3/c1-8(2)6(12)9(3)5(11)7-4-10/h4H,1-3H3,(H,7,10,11). The summed E-state index contributed by atoms with van der Waals surface area (Å²) in [7, 11) is 4.29.